The monoisotopic (exact) mass is 901 g/mol. The molecule has 1 amide bonds. The molecule has 2 aromatic carbocycles. The Labute approximate surface area is 377 Å². The van der Waals surface area contributed by atoms with Crippen LogP contribution in [0.3, 0.4) is 0 Å². The number of aliphatic hydroxyl groups is 6. The summed E-state index contributed by atoms with van der Waals surface area (Å²) in [5.74, 6) is -2.02. The Morgan fingerprint density at radius 3 is 1.39 bits per heavy atom. The number of amides is 1. The summed E-state index contributed by atoms with van der Waals surface area (Å²) in [5.41, 5.74) is -0.961. The highest BCUT2D eigenvalue weighted by Gasteiger charge is 2.65. The number of allylic oxidation sites excluding steroid dienone is 2. The lowest BCUT2D eigenvalue weighted by Gasteiger charge is -2.50. The standard InChI is InChI=1S/C49H47N3O14/c1-20(53)31-41(58)37(51(2)3)27-18-23-16-25-21(12-14-29(54)34(25)39(56)32(23)44(61)48(27,65)43(31)60)10-8-6-7-9-11-22-13-15-30(55)35-26(22)17-24-19-28-38(52(4)5)42(59)36(47(50)64)46(63)49(28,66)45(62)33(24)40(35)57/h12-15,23-24,27-28,37-38,54-55,58-59,61-62,65-66H,6-7,16-19H2,1-5H3,(H2,50,64). The van der Waals surface area contributed by atoms with Gasteiger partial charge in [0, 0.05) is 47.0 Å². The predicted molar refractivity (Wildman–Crippen MR) is 232 cm³/mol. The fourth-order valence-electron chi connectivity index (χ4n) is 11.3. The summed E-state index contributed by atoms with van der Waals surface area (Å²) in [6.45, 7) is 1.05. The van der Waals surface area contributed by atoms with E-state index in [4.69, 9.17) is 5.73 Å². The molecule has 0 radical (unpaired) electrons. The van der Waals surface area contributed by atoms with E-state index in [2.05, 4.69) is 23.7 Å². The van der Waals surface area contributed by atoms with Crippen LogP contribution in [0.5, 0.6) is 11.5 Å². The van der Waals surface area contributed by atoms with Gasteiger partial charge in [-0.15, -0.1) is 0 Å². The summed E-state index contributed by atoms with van der Waals surface area (Å²) in [6, 6.07) is 3.40. The number of ketones is 5. The van der Waals surface area contributed by atoms with Crippen molar-refractivity contribution in [1.29, 1.82) is 0 Å². The van der Waals surface area contributed by atoms with Gasteiger partial charge in [-0.25, -0.2) is 0 Å². The Balaban J connectivity index is 1.06. The summed E-state index contributed by atoms with van der Waals surface area (Å²) < 4.78 is 0. The number of hydrogen-bond donors (Lipinski definition) is 9. The molecule has 0 saturated heterocycles. The number of phenols is 2. The average Bonchev–Trinajstić information content (AvgIpc) is 3.22. The van der Waals surface area contributed by atoms with E-state index in [-0.39, 0.29) is 60.8 Å². The van der Waals surface area contributed by atoms with Gasteiger partial charge in [-0.2, -0.15) is 0 Å². The molecule has 8 unspecified atom stereocenters. The molecule has 0 aliphatic heterocycles. The molecule has 8 rings (SSSR count). The van der Waals surface area contributed by atoms with Gasteiger partial charge in [0.05, 0.1) is 23.2 Å². The highest BCUT2D eigenvalue weighted by Crippen LogP contribution is 2.54. The number of hydrogen-bond acceptors (Lipinski definition) is 16. The minimum absolute atomic E-state index is 0.0487. The number of carbonyl (C=O) groups excluding carboxylic acids is 6. The first-order chi connectivity index (χ1) is 31.0. The molecular weight excluding hydrogens is 855 g/mol. The minimum atomic E-state index is -2.77. The summed E-state index contributed by atoms with van der Waals surface area (Å²) in [4.78, 5) is 83.2. The maximum atomic E-state index is 14.1. The second-order valence-electron chi connectivity index (χ2n) is 18.2. The molecule has 0 aromatic heterocycles. The van der Waals surface area contributed by atoms with E-state index >= 15 is 0 Å². The van der Waals surface area contributed by atoms with Gasteiger partial charge in [-0.1, -0.05) is 23.7 Å². The van der Waals surface area contributed by atoms with Crippen LogP contribution in [0, 0.1) is 47.4 Å². The smallest absolute Gasteiger partial charge is 0.255 e. The third kappa shape index (κ3) is 6.33. The lowest BCUT2D eigenvalue weighted by atomic mass is 9.58. The zero-order chi connectivity index (χ0) is 48.2. The maximum absolute atomic E-state index is 14.1. The van der Waals surface area contributed by atoms with E-state index < -0.39 is 127 Å². The third-order valence-electron chi connectivity index (χ3n) is 14.1. The van der Waals surface area contributed by atoms with Gasteiger partial charge in [0.15, 0.2) is 28.6 Å². The van der Waals surface area contributed by atoms with Gasteiger partial charge >= 0.3 is 0 Å². The van der Waals surface area contributed by atoms with Crippen LogP contribution in [-0.4, -0.2) is 137 Å². The van der Waals surface area contributed by atoms with Gasteiger partial charge in [-0.05, 0) is 108 Å². The second kappa shape index (κ2) is 15.9. The quantitative estimate of drug-likeness (QED) is 0.118. The van der Waals surface area contributed by atoms with Crippen molar-refractivity contribution >= 4 is 34.8 Å². The molecule has 10 N–H and O–H groups in total. The van der Waals surface area contributed by atoms with Crippen molar-refractivity contribution in [2.45, 2.75) is 68.7 Å². The number of nitrogens with zero attached hydrogens (tertiary/aromatic N) is 2. The molecular formula is C49H47N3O14. The molecule has 0 heterocycles. The van der Waals surface area contributed by atoms with Crippen molar-refractivity contribution < 1.29 is 69.6 Å². The maximum Gasteiger partial charge on any atom is 0.255 e. The van der Waals surface area contributed by atoms with E-state index in [1.807, 2.05) is 0 Å². The molecule has 0 fully saturated rings. The Hall–Kier alpha value is -7.02. The van der Waals surface area contributed by atoms with Crippen molar-refractivity contribution in [2.75, 3.05) is 28.2 Å². The molecule has 0 spiro atoms. The fourth-order valence-corrected chi connectivity index (χ4v) is 11.3. The van der Waals surface area contributed by atoms with Crippen LogP contribution in [0.2, 0.25) is 0 Å². The average molecular weight is 902 g/mol. The number of aromatic hydroxyl groups is 2. The van der Waals surface area contributed by atoms with Gasteiger partial charge in [-0.3, -0.25) is 38.6 Å². The predicted octanol–water partition coefficient (Wildman–Crippen LogP) is 1.84. The lowest BCUT2D eigenvalue weighted by Crippen LogP contribution is -2.63. The number of benzene rings is 2. The molecule has 17 nitrogen and oxygen atoms in total. The number of nitrogens with two attached hydrogens (primary N) is 1. The molecule has 342 valence electrons. The van der Waals surface area contributed by atoms with Crippen LogP contribution in [0.25, 0.3) is 0 Å². The molecule has 6 aliphatic carbocycles. The van der Waals surface area contributed by atoms with Crippen molar-refractivity contribution in [3.05, 3.63) is 103 Å². The van der Waals surface area contributed by atoms with E-state index in [1.165, 1.54) is 28.0 Å². The van der Waals surface area contributed by atoms with Crippen molar-refractivity contribution in [1.82, 2.24) is 9.80 Å². The van der Waals surface area contributed by atoms with Crippen molar-refractivity contribution in [3.63, 3.8) is 0 Å². The number of primary amides is 1. The number of aliphatic hydroxyl groups excluding tert-OH is 4. The Morgan fingerprint density at radius 1 is 0.652 bits per heavy atom. The van der Waals surface area contributed by atoms with Crippen LogP contribution < -0.4 is 5.73 Å². The molecule has 6 aliphatic rings. The Kier molecular flexibility index (Phi) is 10.9. The first-order valence-electron chi connectivity index (χ1n) is 21.2. The lowest BCUT2D eigenvalue weighted by molar-refractivity contribution is -0.149. The topological polar surface area (TPSA) is 297 Å². The highest BCUT2D eigenvalue weighted by molar-refractivity contribution is 6.26. The number of likely N-dealkylation sites (N-methyl/N-ethyl adjacent to an activating group) is 2. The van der Waals surface area contributed by atoms with Crippen LogP contribution in [-0.2, 0) is 32.0 Å². The largest absolute Gasteiger partial charge is 0.510 e. The zero-order valence-corrected chi connectivity index (χ0v) is 36.5. The van der Waals surface area contributed by atoms with Crippen LogP contribution in [0.4, 0.5) is 0 Å². The second-order valence-corrected chi connectivity index (χ2v) is 18.2. The summed E-state index contributed by atoms with van der Waals surface area (Å²) >= 11 is 0. The molecule has 17 heteroatoms. The van der Waals surface area contributed by atoms with Gasteiger partial charge in [0.25, 0.3) is 5.91 Å². The minimum Gasteiger partial charge on any atom is -0.510 e. The third-order valence-corrected chi connectivity index (χ3v) is 14.1. The normalized spacial score (nSPS) is 29.0. The van der Waals surface area contributed by atoms with Gasteiger partial charge in [0.2, 0.25) is 11.6 Å². The van der Waals surface area contributed by atoms with E-state index in [0.29, 0.717) is 22.3 Å². The SMILES string of the molecule is CC(=O)C1=C(O)C(N(C)C)C2CC3Cc4c(C#CCCC#Cc5ccc(O)c6c5CC5CC7C(N(C)C)C(O)=C(C(N)=O)C(=O)C7(O)C(O)=C5C6=O)ccc(O)c4C(=O)C3=C(O)C2(O)C1=O. The molecule has 0 bridgehead atoms. The first kappa shape index (κ1) is 45.5. The number of unbranched alkanes of at least 4 members (excludes halogenated alkanes) is 1. The summed E-state index contributed by atoms with van der Waals surface area (Å²) in [6.07, 6.45) is 0.415. The van der Waals surface area contributed by atoms with Crippen molar-refractivity contribution in [2.24, 2.45) is 29.4 Å². The van der Waals surface area contributed by atoms with Gasteiger partial charge in [0.1, 0.15) is 45.7 Å². The number of phenolic OH excluding ortho intramolecular Hbond substituents is 2. The zero-order valence-electron chi connectivity index (χ0n) is 36.5. The summed E-state index contributed by atoms with van der Waals surface area (Å²) in [5, 5.41) is 90.9. The molecule has 2 aromatic rings. The number of carbonyl (C=O) groups is 6. The number of rotatable bonds is 5. The van der Waals surface area contributed by atoms with Gasteiger partial charge < -0.3 is 46.6 Å². The van der Waals surface area contributed by atoms with Crippen molar-refractivity contribution in [3.8, 4) is 35.2 Å². The first-order valence-corrected chi connectivity index (χ1v) is 21.2. The molecule has 8 atom stereocenters. The van der Waals surface area contributed by atoms with Crippen LogP contribution in [0.1, 0.15) is 75.6 Å². The number of fused-ring (bicyclic) bond motifs is 6. The van der Waals surface area contributed by atoms with Crippen LogP contribution in [0.15, 0.2) is 69.6 Å². The van der Waals surface area contributed by atoms with E-state index in [9.17, 15) is 69.6 Å². The Bertz CT molecular complexity index is 2720. The summed E-state index contributed by atoms with van der Waals surface area (Å²) in [7, 11) is 6.24. The molecule has 66 heavy (non-hydrogen) atoms. The highest BCUT2D eigenvalue weighted by atomic mass is 16.4. The van der Waals surface area contributed by atoms with E-state index in [1.54, 1.807) is 34.3 Å². The fraction of sp³-hybridized carbons (Fsp3) is 0.388. The van der Waals surface area contributed by atoms with Crippen LogP contribution >= 0.6 is 0 Å². The number of Topliss-reactive ketones (excluding diaryl/α,β-unsaturated/α-hetero) is 5. The Morgan fingerprint density at radius 2 is 1.03 bits per heavy atom. The molecule has 0 saturated carbocycles. The van der Waals surface area contributed by atoms with E-state index in [0.717, 1.165) is 6.92 Å².